The van der Waals surface area contributed by atoms with Gasteiger partial charge in [-0.05, 0) is 48.5 Å². The zero-order valence-electron chi connectivity index (χ0n) is 19.1. The number of pyridine rings is 2. The van der Waals surface area contributed by atoms with Gasteiger partial charge < -0.3 is 19.8 Å². The lowest BCUT2D eigenvalue weighted by molar-refractivity contribution is 0.0820. The molecule has 0 unspecified atom stereocenters. The molecule has 0 aliphatic heterocycles. The summed E-state index contributed by atoms with van der Waals surface area (Å²) in [6.45, 7) is 0. The normalized spacial score (nSPS) is 11.4. The standard InChI is InChI=1S/C26H22N4O4/c1-29(2)25(33)13-5-7-19-15(9-13)23(31)17-11-22-18(12-21(17)27-19)24(32)16-10-14(26(34)30(3)4)6-8-20(16)28-22/h5-12H,1-4H3,(H,27,31)(H,28,32). The molecule has 8 nitrogen and oxygen atoms in total. The van der Waals surface area contributed by atoms with E-state index in [9.17, 15) is 19.2 Å². The van der Waals surface area contributed by atoms with Crippen LogP contribution in [0.5, 0.6) is 0 Å². The molecule has 5 aromatic rings. The number of H-pyrrole nitrogens is 2. The summed E-state index contributed by atoms with van der Waals surface area (Å²) in [6.07, 6.45) is 0. The van der Waals surface area contributed by atoms with Gasteiger partial charge in [-0.25, -0.2) is 0 Å². The monoisotopic (exact) mass is 454 g/mol. The quantitative estimate of drug-likeness (QED) is 0.400. The van der Waals surface area contributed by atoms with E-state index in [2.05, 4.69) is 9.97 Å². The van der Waals surface area contributed by atoms with Crippen molar-refractivity contribution in [1.82, 2.24) is 19.8 Å². The predicted octanol–water partition coefficient (Wildman–Crippen LogP) is 3.08. The fraction of sp³-hybridized carbons (Fsp3) is 0.154. The molecule has 0 bridgehead atoms. The number of amides is 2. The van der Waals surface area contributed by atoms with Crippen LogP contribution in [0.2, 0.25) is 0 Å². The minimum absolute atomic E-state index is 0.192. The maximum atomic E-state index is 13.3. The van der Waals surface area contributed by atoms with Gasteiger partial charge in [0, 0.05) is 71.9 Å². The summed E-state index contributed by atoms with van der Waals surface area (Å²) >= 11 is 0. The molecule has 170 valence electrons. The third-order valence-electron chi connectivity index (χ3n) is 6.02. The molecule has 2 amide bonds. The van der Waals surface area contributed by atoms with Crippen LogP contribution in [-0.4, -0.2) is 59.8 Å². The highest BCUT2D eigenvalue weighted by molar-refractivity contribution is 6.05. The summed E-state index contributed by atoms with van der Waals surface area (Å²) < 4.78 is 0. The van der Waals surface area contributed by atoms with E-state index in [1.165, 1.54) is 9.80 Å². The second kappa shape index (κ2) is 7.55. The molecule has 34 heavy (non-hydrogen) atoms. The maximum Gasteiger partial charge on any atom is 0.253 e. The second-order valence-electron chi connectivity index (χ2n) is 8.77. The van der Waals surface area contributed by atoms with Gasteiger partial charge in [0.2, 0.25) is 0 Å². The van der Waals surface area contributed by atoms with Gasteiger partial charge in [0.15, 0.2) is 10.9 Å². The lowest BCUT2D eigenvalue weighted by Crippen LogP contribution is -2.22. The zero-order chi connectivity index (χ0) is 24.3. The summed E-state index contributed by atoms with van der Waals surface area (Å²) in [5.74, 6) is -0.384. The number of hydrogen-bond acceptors (Lipinski definition) is 4. The van der Waals surface area contributed by atoms with Crippen LogP contribution >= 0.6 is 0 Å². The first-order valence-electron chi connectivity index (χ1n) is 10.7. The lowest BCUT2D eigenvalue weighted by Gasteiger charge is -2.12. The van der Waals surface area contributed by atoms with E-state index < -0.39 is 0 Å². The van der Waals surface area contributed by atoms with Crippen LogP contribution in [0.4, 0.5) is 0 Å². The summed E-state index contributed by atoms with van der Waals surface area (Å²) in [5.41, 5.74) is 2.56. The van der Waals surface area contributed by atoms with Crippen molar-refractivity contribution in [2.45, 2.75) is 0 Å². The highest BCUT2D eigenvalue weighted by Crippen LogP contribution is 2.23. The van der Waals surface area contributed by atoms with Gasteiger partial charge in [0.25, 0.3) is 11.8 Å². The fourth-order valence-electron chi connectivity index (χ4n) is 4.23. The van der Waals surface area contributed by atoms with Crippen molar-refractivity contribution in [3.05, 3.63) is 80.1 Å². The van der Waals surface area contributed by atoms with Crippen molar-refractivity contribution in [2.75, 3.05) is 28.2 Å². The number of carbonyl (C=O) groups is 2. The Labute approximate surface area is 193 Å². The van der Waals surface area contributed by atoms with Crippen molar-refractivity contribution in [1.29, 1.82) is 0 Å². The molecule has 3 aromatic carbocycles. The molecule has 0 fully saturated rings. The fourth-order valence-corrected chi connectivity index (χ4v) is 4.23. The Hall–Kier alpha value is -4.46. The molecule has 5 rings (SSSR count). The average Bonchev–Trinajstić information content (AvgIpc) is 2.82. The van der Waals surface area contributed by atoms with E-state index in [1.807, 2.05) is 0 Å². The molecule has 2 N–H and O–H groups in total. The lowest BCUT2D eigenvalue weighted by atomic mass is 10.0. The van der Waals surface area contributed by atoms with Gasteiger partial charge in [-0.2, -0.15) is 0 Å². The van der Waals surface area contributed by atoms with Crippen molar-refractivity contribution in [2.24, 2.45) is 0 Å². The molecule has 0 radical (unpaired) electrons. The topological polar surface area (TPSA) is 106 Å². The van der Waals surface area contributed by atoms with Gasteiger partial charge >= 0.3 is 0 Å². The summed E-state index contributed by atoms with van der Waals surface area (Å²) in [6, 6.07) is 13.2. The first-order valence-corrected chi connectivity index (χ1v) is 10.7. The number of rotatable bonds is 2. The third kappa shape index (κ3) is 3.23. The molecule has 0 spiro atoms. The van der Waals surface area contributed by atoms with E-state index in [4.69, 9.17) is 0 Å². The van der Waals surface area contributed by atoms with Crippen LogP contribution < -0.4 is 10.9 Å². The van der Waals surface area contributed by atoms with Crippen LogP contribution in [0.1, 0.15) is 20.7 Å². The molecule has 8 heteroatoms. The summed E-state index contributed by atoms with van der Waals surface area (Å²) in [4.78, 5) is 60.7. The van der Waals surface area contributed by atoms with Crippen molar-refractivity contribution >= 4 is 55.4 Å². The van der Waals surface area contributed by atoms with Gasteiger partial charge in [-0.1, -0.05) is 0 Å². The molecule has 0 aliphatic carbocycles. The number of benzene rings is 3. The van der Waals surface area contributed by atoms with Crippen LogP contribution in [0.25, 0.3) is 43.6 Å². The number of aromatic nitrogens is 2. The van der Waals surface area contributed by atoms with E-state index in [0.717, 1.165) is 0 Å². The Morgan fingerprint density at radius 2 is 0.912 bits per heavy atom. The molecule has 0 atom stereocenters. The molecular formula is C26H22N4O4. The Morgan fingerprint density at radius 1 is 0.559 bits per heavy atom. The Bertz CT molecular complexity index is 1660. The van der Waals surface area contributed by atoms with Crippen molar-refractivity contribution in [3.63, 3.8) is 0 Å². The maximum absolute atomic E-state index is 13.3. The molecular weight excluding hydrogens is 432 g/mol. The van der Waals surface area contributed by atoms with E-state index >= 15 is 0 Å². The van der Waals surface area contributed by atoms with Crippen LogP contribution in [0, 0.1) is 0 Å². The molecule has 2 heterocycles. The highest BCUT2D eigenvalue weighted by Gasteiger charge is 2.15. The Morgan fingerprint density at radius 3 is 1.26 bits per heavy atom. The Balaban J connectivity index is 1.79. The minimum atomic E-state index is -0.230. The van der Waals surface area contributed by atoms with Crippen LogP contribution in [0.3, 0.4) is 0 Å². The van der Waals surface area contributed by atoms with Crippen LogP contribution in [0.15, 0.2) is 58.1 Å². The first-order chi connectivity index (χ1) is 16.2. The zero-order valence-corrected chi connectivity index (χ0v) is 19.1. The average molecular weight is 454 g/mol. The number of aromatic amines is 2. The first kappa shape index (κ1) is 21.4. The summed E-state index contributed by atoms with van der Waals surface area (Å²) in [5, 5.41) is 1.61. The van der Waals surface area contributed by atoms with Gasteiger partial charge in [0.1, 0.15) is 0 Å². The van der Waals surface area contributed by atoms with Crippen molar-refractivity contribution in [3.8, 4) is 0 Å². The number of carbonyl (C=O) groups excluding carboxylic acids is 2. The molecule has 0 aliphatic rings. The highest BCUT2D eigenvalue weighted by atomic mass is 16.2. The van der Waals surface area contributed by atoms with E-state index in [1.54, 1.807) is 76.7 Å². The largest absolute Gasteiger partial charge is 0.354 e. The Kier molecular flexibility index (Phi) is 4.75. The minimum Gasteiger partial charge on any atom is -0.354 e. The van der Waals surface area contributed by atoms with Gasteiger partial charge in [0.05, 0.1) is 11.0 Å². The number of hydrogen-bond donors (Lipinski definition) is 2. The third-order valence-corrected chi connectivity index (χ3v) is 6.02. The van der Waals surface area contributed by atoms with Crippen LogP contribution in [-0.2, 0) is 0 Å². The van der Waals surface area contributed by atoms with Gasteiger partial charge in [-0.3, -0.25) is 19.2 Å². The molecule has 0 saturated carbocycles. The van der Waals surface area contributed by atoms with E-state index in [-0.39, 0.29) is 22.7 Å². The number of fused-ring (bicyclic) bond motifs is 4. The second-order valence-corrected chi connectivity index (χ2v) is 8.77. The smallest absolute Gasteiger partial charge is 0.253 e. The van der Waals surface area contributed by atoms with Gasteiger partial charge in [-0.15, -0.1) is 0 Å². The van der Waals surface area contributed by atoms with E-state index in [0.29, 0.717) is 54.7 Å². The SMILES string of the molecule is CN(C)C(=O)c1ccc2[nH]c3cc4c(=O)c5cc(C(=O)N(C)C)ccc5[nH]c4cc3c(=O)c2c1. The molecule has 2 aromatic heterocycles. The molecule has 0 saturated heterocycles. The number of nitrogens with zero attached hydrogens (tertiary/aromatic N) is 2. The predicted molar refractivity (Wildman–Crippen MR) is 134 cm³/mol. The summed E-state index contributed by atoms with van der Waals surface area (Å²) in [7, 11) is 6.62. The van der Waals surface area contributed by atoms with Crippen molar-refractivity contribution < 1.29 is 9.59 Å². The number of nitrogens with one attached hydrogen (secondary N) is 2.